The molecule has 574 valence electrons. The van der Waals surface area contributed by atoms with Crippen molar-refractivity contribution in [2.75, 3.05) is 46.2 Å². The molecule has 0 amide bonds. The van der Waals surface area contributed by atoms with Crippen LogP contribution in [0.15, 0.2) is 0 Å². The minimum Gasteiger partial charge on any atom is -0.394 e. The molecule has 0 aromatic carbocycles. The van der Waals surface area contributed by atoms with E-state index in [1.165, 1.54) is 0 Å². The van der Waals surface area contributed by atoms with E-state index in [1.54, 1.807) is 0 Å². The smallest absolute Gasteiger partial charge is 0.187 e. The molecule has 7 saturated heterocycles. The van der Waals surface area contributed by atoms with E-state index >= 15 is 0 Å². The van der Waals surface area contributed by atoms with Gasteiger partial charge in [0, 0.05) is 24.2 Å². The first-order valence-electron chi connectivity index (χ1n) is 34.6. The van der Waals surface area contributed by atoms with Gasteiger partial charge in [-0.15, -0.1) is 0 Å². The Morgan fingerprint density at radius 1 is 0.434 bits per heavy atom. The van der Waals surface area contributed by atoms with Gasteiger partial charge >= 0.3 is 0 Å². The van der Waals surface area contributed by atoms with Crippen molar-refractivity contribution >= 4 is 0 Å². The highest BCUT2D eigenvalue weighted by molar-refractivity contribution is 5.19. The zero-order valence-corrected chi connectivity index (χ0v) is 55.4. The molecule has 0 aromatic heterocycles. The van der Waals surface area contributed by atoms with E-state index in [4.69, 9.17) is 61.6 Å². The van der Waals surface area contributed by atoms with Crippen LogP contribution in [0, 0.1) is 46.3 Å². The van der Waals surface area contributed by atoms with E-state index < -0.39 is 253 Å². The molecule has 4 aliphatic carbocycles. The van der Waals surface area contributed by atoms with Crippen LogP contribution in [-0.4, -0.2) is 378 Å². The second kappa shape index (κ2) is 31.0. The van der Waals surface area contributed by atoms with Crippen LogP contribution in [0.3, 0.4) is 0 Å². The summed E-state index contributed by atoms with van der Waals surface area (Å²) in [5.74, 6) is -1.76. The number of aliphatic hydroxyl groups excluding tert-OH is 21. The number of hydrogen-bond acceptors (Lipinski definition) is 36. The van der Waals surface area contributed by atoms with Gasteiger partial charge in [0.25, 0.3) is 0 Å². The first kappa shape index (κ1) is 78.6. The van der Waals surface area contributed by atoms with Crippen molar-refractivity contribution in [2.24, 2.45) is 46.3 Å². The largest absolute Gasteiger partial charge is 0.394 e. The molecule has 0 spiro atoms. The topological polar surface area (TPSA) is 585 Å². The Labute approximate surface area is 569 Å². The highest BCUT2D eigenvalue weighted by atomic mass is 16.8. The third-order valence-corrected chi connectivity index (χ3v) is 24.5. The van der Waals surface area contributed by atoms with Gasteiger partial charge in [0.05, 0.1) is 70.2 Å². The molecule has 43 atom stereocenters. The first-order valence-corrected chi connectivity index (χ1v) is 34.6. The van der Waals surface area contributed by atoms with Gasteiger partial charge in [0.2, 0.25) is 0 Å². The molecule has 11 aliphatic rings. The number of aliphatic hydroxyl groups is 23. The predicted molar refractivity (Wildman–Crippen MR) is 320 cm³/mol. The van der Waals surface area contributed by atoms with Crippen molar-refractivity contribution in [2.45, 2.75) is 299 Å². The Kier molecular flexibility index (Phi) is 24.6. The monoisotopic (exact) mass is 1440 g/mol. The molecule has 43 unspecified atom stereocenters. The van der Waals surface area contributed by atoms with Crippen LogP contribution in [0.4, 0.5) is 0 Å². The van der Waals surface area contributed by atoms with Crippen LogP contribution < -0.4 is 0 Å². The van der Waals surface area contributed by atoms with Gasteiger partial charge in [-0.1, -0.05) is 27.7 Å². The number of rotatable bonds is 22. The van der Waals surface area contributed by atoms with Gasteiger partial charge in [-0.3, -0.25) is 0 Å². The van der Waals surface area contributed by atoms with Gasteiger partial charge in [-0.2, -0.15) is 0 Å². The summed E-state index contributed by atoms with van der Waals surface area (Å²) >= 11 is 0. The number of ether oxygens (including phenoxy) is 13. The Hall–Kier alpha value is -1.44. The highest BCUT2D eigenvalue weighted by Gasteiger charge is 2.71. The molecular formula is C63H106O36. The van der Waals surface area contributed by atoms with E-state index in [1.807, 2.05) is 20.8 Å². The minimum atomic E-state index is -2.29. The van der Waals surface area contributed by atoms with Crippen LogP contribution in [-0.2, 0) is 61.6 Å². The summed E-state index contributed by atoms with van der Waals surface area (Å²) in [7, 11) is 0. The van der Waals surface area contributed by atoms with Crippen molar-refractivity contribution in [3.8, 4) is 0 Å². The van der Waals surface area contributed by atoms with Gasteiger partial charge in [0.1, 0.15) is 146 Å². The normalized spacial score (nSPS) is 55.8. The molecule has 99 heavy (non-hydrogen) atoms. The van der Waals surface area contributed by atoms with Gasteiger partial charge in [0.15, 0.2) is 43.5 Å². The standard InChI is InChI=1S/C63H106O36/c1-21(20-87-54-45(80)41(76)36(71)29(14-64)89-54)5-10-63(86)22(2)35-27(99-63)11-25-23-6-9-62(85)13-28(26(70)12-61(62,4)24(23)7-8-60(25,35)3)88-55-48(83)44(79)50(34(19-69)94-55)95-59-53(52(40(75)33(18-68)93-59)97-57-47(82)43(78)38(73)31(16-66)91-57)98-58-49(84)51(39(74)32(17-67)92-58)96-56-46(81)42(77)37(72)30(15-65)90-56/h21-59,64-86H,5-20H2,1-4H3. The summed E-state index contributed by atoms with van der Waals surface area (Å²) in [6.07, 6.45) is -56.1. The molecule has 23 N–H and O–H groups in total. The SMILES string of the molecule is CC(CCC1(O)OC2CC3C4CCC5(O)CC(OC6OC(CO)C(OC7OC(CO)C(O)C(OC8OC(CO)C(O)C(O)C8O)C7OC7OC(CO)C(O)C(OC8OC(CO)C(O)C(O)C8O)C7O)C(O)C6O)C(O)CC5(C)C4CCC3(C)C2C1C)COC1OC(CO)C(O)C(O)C1O. The summed E-state index contributed by atoms with van der Waals surface area (Å²) in [5, 5.41) is 253. The molecule has 0 radical (unpaired) electrons. The van der Waals surface area contributed by atoms with Crippen molar-refractivity contribution in [1.82, 2.24) is 0 Å². The Morgan fingerprint density at radius 2 is 0.879 bits per heavy atom. The van der Waals surface area contributed by atoms with Crippen LogP contribution >= 0.6 is 0 Å². The van der Waals surface area contributed by atoms with Crippen LogP contribution in [0.1, 0.15) is 85.5 Å². The van der Waals surface area contributed by atoms with Gasteiger partial charge in [-0.05, 0) is 80.0 Å². The van der Waals surface area contributed by atoms with E-state index in [-0.39, 0.29) is 72.9 Å². The summed E-state index contributed by atoms with van der Waals surface area (Å²) in [4.78, 5) is 0. The third-order valence-electron chi connectivity index (χ3n) is 24.5. The van der Waals surface area contributed by atoms with Crippen molar-refractivity contribution in [1.29, 1.82) is 0 Å². The van der Waals surface area contributed by atoms with Crippen LogP contribution in [0.2, 0.25) is 0 Å². The lowest BCUT2D eigenvalue weighted by Gasteiger charge is -2.65. The van der Waals surface area contributed by atoms with Crippen LogP contribution in [0.25, 0.3) is 0 Å². The molecule has 0 aromatic rings. The van der Waals surface area contributed by atoms with Gasteiger partial charge in [-0.25, -0.2) is 0 Å². The Bertz CT molecular complexity index is 2600. The van der Waals surface area contributed by atoms with Gasteiger partial charge < -0.3 is 179 Å². The van der Waals surface area contributed by atoms with Crippen molar-refractivity contribution in [3.63, 3.8) is 0 Å². The minimum absolute atomic E-state index is 0.0119. The van der Waals surface area contributed by atoms with Crippen molar-refractivity contribution in [3.05, 3.63) is 0 Å². The average molecular weight is 1440 g/mol. The molecule has 4 saturated carbocycles. The summed E-state index contributed by atoms with van der Waals surface area (Å²) in [6, 6.07) is 0. The predicted octanol–water partition coefficient (Wildman–Crippen LogP) is -10.2. The maximum atomic E-state index is 12.9. The fraction of sp³-hybridized carbons (Fsp3) is 1.00. The second-order valence-electron chi connectivity index (χ2n) is 30.2. The number of fused-ring (bicyclic) bond motifs is 7. The molecule has 7 aliphatic heterocycles. The third kappa shape index (κ3) is 14.3. The lowest BCUT2D eigenvalue weighted by atomic mass is 9.42. The molecule has 11 rings (SSSR count). The summed E-state index contributed by atoms with van der Waals surface area (Å²) in [5.41, 5.74) is -2.57. The Morgan fingerprint density at radius 3 is 1.43 bits per heavy atom. The van der Waals surface area contributed by atoms with E-state index in [2.05, 4.69) is 6.92 Å². The maximum absolute atomic E-state index is 12.9. The lowest BCUT2D eigenvalue weighted by Crippen LogP contribution is -2.69. The zero-order valence-electron chi connectivity index (χ0n) is 55.4. The summed E-state index contributed by atoms with van der Waals surface area (Å²) in [6.45, 7) is 2.62. The number of hydrogen-bond donors (Lipinski definition) is 23. The Balaban J connectivity index is 0.761. The van der Waals surface area contributed by atoms with E-state index in [0.29, 0.717) is 32.1 Å². The highest BCUT2D eigenvalue weighted by Crippen LogP contribution is 2.72. The molecule has 11 fully saturated rings. The maximum Gasteiger partial charge on any atom is 0.187 e. The first-order chi connectivity index (χ1) is 46.8. The van der Waals surface area contributed by atoms with Crippen LogP contribution in [0.5, 0.6) is 0 Å². The second-order valence-corrected chi connectivity index (χ2v) is 30.2. The summed E-state index contributed by atoms with van der Waals surface area (Å²) < 4.78 is 77.4. The van der Waals surface area contributed by atoms with E-state index in [9.17, 15) is 117 Å². The fourth-order valence-corrected chi connectivity index (χ4v) is 18.6. The molecule has 0 bridgehead atoms. The van der Waals surface area contributed by atoms with E-state index in [0.717, 1.165) is 6.42 Å². The molecule has 36 heteroatoms. The fourth-order valence-electron chi connectivity index (χ4n) is 18.6. The quantitative estimate of drug-likeness (QED) is 0.0448. The zero-order chi connectivity index (χ0) is 72.0. The molecule has 36 nitrogen and oxygen atoms in total. The molecular weight excluding hydrogens is 1330 g/mol. The lowest BCUT2D eigenvalue weighted by molar-refractivity contribution is -0.412. The average Bonchev–Trinajstić information content (AvgIpc) is 1.61. The van der Waals surface area contributed by atoms with Crippen molar-refractivity contribution < 1.29 is 179 Å². The molecule has 7 heterocycles.